The van der Waals surface area contributed by atoms with Crippen LogP contribution in [0.4, 0.5) is 5.69 Å². The fourth-order valence-corrected chi connectivity index (χ4v) is 3.57. The summed E-state index contributed by atoms with van der Waals surface area (Å²) in [5.41, 5.74) is 5.85. The van der Waals surface area contributed by atoms with Gasteiger partial charge in [0, 0.05) is 37.2 Å². The second kappa shape index (κ2) is 9.02. The summed E-state index contributed by atoms with van der Waals surface area (Å²) in [6.45, 7) is 4.05. The highest BCUT2D eigenvalue weighted by atomic mass is 16.2. The zero-order chi connectivity index (χ0) is 22.7. The van der Waals surface area contributed by atoms with Crippen LogP contribution < -0.4 is 5.32 Å². The fourth-order valence-electron chi connectivity index (χ4n) is 3.57. The molecule has 32 heavy (non-hydrogen) atoms. The zero-order valence-electron chi connectivity index (χ0n) is 18.4. The van der Waals surface area contributed by atoms with Crippen LogP contribution in [0.5, 0.6) is 0 Å². The summed E-state index contributed by atoms with van der Waals surface area (Å²) in [5.74, 6) is -0.208. The van der Waals surface area contributed by atoms with Gasteiger partial charge >= 0.3 is 0 Å². The Morgan fingerprint density at radius 2 is 1.69 bits per heavy atom. The van der Waals surface area contributed by atoms with E-state index in [2.05, 4.69) is 5.32 Å². The fraction of sp³-hybridized carbons (Fsp3) is 0.148. The average molecular weight is 424 g/mol. The lowest BCUT2D eigenvalue weighted by Gasteiger charge is -2.16. The molecule has 4 aromatic rings. The number of carbonyl (C=O) groups is 2. The first-order chi connectivity index (χ1) is 15.4. The lowest BCUT2D eigenvalue weighted by molar-refractivity contribution is -0.128. The highest BCUT2D eigenvalue weighted by Crippen LogP contribution is 2.26. The molecule has 1 N–H and O–H groups in total. The molecular formula is C27H25N3O2. The molecule has 0 aliphatic rings. The number of anilines is 1. The number of nitrogens with zero attached hydrogens (tertiary/aromatic N) is 2. The van der Waals surface area contributed by atoms with Crippen LogP contribution in [0.15, 0.2) is 78.9 Å². The summed E-state index contributed by atoms with van der Waals surface area (Å²) in [6, 6.07) is 25.2. The first-order valence-corrected chi connectivity index (χ1v) is 10.5. The number of nitrogens with one attached hydrogen (secondary N) is 1. The van der Waals surface area contributed by atoms with E-state index in [9.17, 15) is 9.59 Å². The molecule has 0 aliphatic heterocycles. The van der Waals surface area contributed by atoms with Crippen molar-refractivity contribution in [2.45, 2.75) is 20.4 Å². The monoisotopic (exact) mass is 423 g/mol. The first-order valence-electron chi connectivity index (χ1n) is 10.5. The van der Waals surface area contributed by atoms with E-state index >= 15 is 0 Å². The van der Waals surface area contributed by atoms with Crippen LogP contribution >= 0.6 is 0 Å². The summed E-state index contributed by atoms with van der Waals surface area (Å²) in [7, 11) is 1.75. The van der Waals surface area contributed by atoms with Gasteiger partial charge in [0.25, 0.3) is 5.91 Å². The first kappa shape index (κ1) is 21.2. The van der Waals surface area contributed by atoms with Crippen LogP contribution in [0.3, 0.4) is 0 Å². The lowest BCUT2D eigenvalue weighted by Crippen LogP contribution is -2.23. The number of aryl methyl sites for hydroxylation is 1. The number of carbonyl (C=O) groups excluding carboxylic acids is 2. The van der Waals surface area contributed by atoms with Gasteiger partial charge in [0.2, 0.25) is 5.91 Å². The predicted octanol–water partition coefficient (Wildman–Crippen LogP) is 5.44. The van der Waals surface area contributed by atoms with Crippen molar-refractivity contribution < 1.29 is 9.59 Å². The summed E-state index contributed by atoms with van der Waals surface area (Å²) in [6.07, 6.45) is 0. The summed E-state index contributed by atoms with van der Waals surface area (Å²) in [5, 5.41) is 3.81. The Labute approximate surface area is 187 Å². The van der Waals surface area contributed by atoms with Crippen LogP contribution in [-0.2, 0) is 11.3 Å². The summed E-state index contributed by atoms with van der Waals surface area (Å²) < 4.78 is 0. The Morgan fingerprint density at radius 1 is 0.938 bits per heavy atom. The summed E-state index contributed by atoms with van der Waals surface area (Å²) in [4.78, 5) is 31.2. The van der Waals surface area contributed by atoms with E-state index in [0.29, 0.717) is 17.8 Å². The van der Waals surface area contributed by atoms with Crippen molar-refractivity contribution in [1.82, 2.24) is 9.88 Å². The van der Waals surface area contributed by atoms with Gasteiger partial charge in [-0.2, -0.15) is 0 Å². The number of benzene rings is 3. The number of rotatable bonds is 5. The number of hydrogen-bond acceptors (Lipinski definition) is 3. The molecule has 4 rings (SSSR count). The highest BCUT2D eigenvalue weighted by molar-refractivity contribution is 6.13. The van der Waals surface area contributed by atoms with Crippen molar-refractivity contribution in [1.29, 1.82) is 0 Å². The number of hydrogen-bond donors (Lipinski definition) is 1. The van der Waals surface area contributed by atoms with Crippen molar-refractivity contribution in [3.8, 4) is 11.3 Å². The Bertz CT molecular complexity index is 1300. The van der Waals surface area contributed by atoms with Gasteiger partial charge in [-0.3, -0.25) is 9.59 Å². The number of pyridine rings is 1. The van der Waals surface area contributed by atoms with E-state index in [4.69, 9.17) is 4.98 Å². The predicted molar refractivity (Wildman–Crippen MR) is 128 cm³/mol. The molecule has 5 heteroatoms. The van der Waals surface area contributed by atoms with Gasteiger partial charge in [-0.15, -0.1) is 0 Å². The largest absolute Gasteiger partial charge is 0.342 e. The molecule has 5 nitrogen and oxygen atoms in total. The SMILES string of the molecule is CC(=O)N(C)Cc1cccc(NC(=O)c2cc(-c3ccc(C)cc3)nc3ccccc23)c1. The van der Waals surface area contributed by atoms with Crippen molar-refractivity contribution in [3.05, 3.63) is 95.6 Å². The van der Waals surface area contributed by atoms with Gasteiger partial charge in [0.05, 0.1) is 16.8 Å². The molecular weight excluding hydrogens is 398 g/mol. The molecule has 160 valence electrons. The van der Waals surface area contributed by atoms with Gasteiger partial charge in [0.1, 0.15) is 0 Å². The average Bonchev–Trinajstić information content (AvgIpc) is 2.79. The maximum Gasteiger partial charge on any atom is 0.256 e. The molecule has 2 amide bonds. The molecule has 0 spiro atoms. The minimum absolute atomic E-state index is 0.00803. The third kappa shape index (κ3) is 4.67. The quantitative estimate of drug-likeness (QED) is 0.465. The molecule has 0 aliphatic carbocycles. The van der Waals surface area contributed by atoms with Gasteiger partial charge < -0.3 is 10.2 Å². The van der Waals surface area contributed by atoms with Crippen molar-refractivity contribution in [2.24, 2.45) is 0 Å². The van der Waals surface area contributed by atoms with E-state index in [1.54, 1.807) is 11.9 Å². The molecule has 0 atom stereocenters. The molecule has 0 radical (unpaired) electrons. The molecule has 1 heterocycles. The number of fused-ring (bicyclic) bond motifs is 1. The molecule has 3 aromatic carbocycles. The van der Waals surface area contributed by atoms with Crippen LogP contribution in [0.2, 0.25) is 0 Å². The molecule has 0 bridgehead atoms. The van der Waals surface area contributed by atoms with Gasteiger partial charge in [0.15, 0.2) is 0 Å². The van der Waals surface area contributed by atoms with Crippen LogP contribution in [0, 0.1) is 6.92 Å². The van der Waals surface area contributed by atoms with Gasteiger partial charge in [-0.05, 0) is 36.8 Å². The third-order valence-corrected chi connectivity index (χ3v) is 5.45. The molecule has 0 saturated carbocycles. The van der Waals surface area contributed by atoms with E-state index in [1.165, 1.54) is 12.5 Å². The minimum atomic E-state index is -0.200. The molecule has 0 unspecified atom stereocenters. The van der Waals surface area contributed by atoms with Gasteiger partial charge in [-0.1, -0.05) is 60.2 Å². The van der Waals surface area contributed by atoms with Crippen LogP contribution in [0.1, 0.15) is 28.4 Å². The van der Waals surface area contributed by atoms with E-state index in [1.807, 2.05) is 85.8 Å². The molecule has 0 fully saturated rings. The maximum absolute atomic E-state index is 13.3. The van der Waals surface area contributed by atoms with Crippen molar-refractivity contribution >= 4 is 28.4 Å². The van der Waals surface area contributed by atoms with E-state index < -0.39 is 0 Å². The Kier molecular flexibility index (Phi) is 5.99. The van der Waals surface area contributed by atoms with E-state index in [0.717, 1.165) is 27.7 Å². The highest BCUT2D eigenvalue weighted by Gasteiger charge is 2.15. The third-order valence-electron chi connectivity index (χ3n) is 5.45. The number of aromatic nitrogens is 1. The lowest BCUT2D eigenvalue weighted by atomic mass is 10.0. The Hall–Kier alpha value is -3.99. The topological polar surface area (TPSA) is 62.3 Å². The zero-order valence-corrected chi connectivity index (χ0v) is 18.4. The normalized spacial score (nSPS) is 10.7. The van der Waals surface area contributed by atoms with Crippen molar-refractivity contribution in [2.75, 3.05) is 12.4 Å². The second-order valence-electron chi connectivity index (χ2n) is 7.97. The number of para-hydroxylation sites is 1. The van der Waals surface area contributed by atoms with E-state index in [-0.39, 0.29) is 11.8 Å². The maximum atomic E-state index is 13.3. The minimum Gasteiger partial charge on any atom is -0.342 e. The van der Waals surface area contributed by atoms with Crippen LogP contribution in [0.25, 0.3) is 22.2 Å². The Morgan fingerprint density at radius 3 is 2.44 bits per heavy atom. The van der Waals surface area contributed by atoms with Crippen molar-refractivity contribution in [3.63, 3.8) is 0 Å². The Balaban J connectivity index is 1.68. The second-order valence-corrected chi connectivity index (χ2v) is 7.97. The molecule has 1 aromatic heterocycles. The molecule has 0 saturated heterocycles. The van der Waals surface area contributed by atoms with Gasteiger partial charge in [-0.25, -0.2) is 4.98 Å². The number of amides is 2. The van der Waals surface area contributed by atoms with Crippen LogP contribution in [-0.4, -0.2) is 28.7 Å². The smallest absolute Gasteiger partial charge is 0.256 e. The standard InChI is InChI=1S/C27H25N3O2/c1-18-11-13-21(14-12-18)26-16-24(23-9-4-5-10-25(23)29-26)27(32)28-22-8-6-7-20(15-22)17-30(3)19(2)31/h4-16H,17H2,1-3H3,(H,28,32). The summed E-state index contributed by atoms with van der Waals surface area (Å²) >= 11 is 0.